The number of rotatable bonds is 5. The van der Waals surface area contributed by atoms with E-state index in [1.807, 2.05) is 6.07 Å². The highest BCUT2D eigenvalue weighted by atomic mass is 16.6. The van der Waals surface area contributed by atoms with Crippen LogP contribution < -0.4 is 4.90 Å². The second kappa shape index (κ2) is 7.04. The van der Waals surface area contributed by atoms with Gasteiger partial charge in [-0.05, 0) is 31.4 Å². The van der Waals surface area contributed by atoms with Crippen LogP contribution in [0, 0.1) is 21.4 Å². The molecule has 112 valence electrons. The normalized spacial score (nSPS) is 18.3. The lowest BCUT2D eigenvalue weighted by molar-refractivity contribution is -0.385. The van der Waals surface area contributed by atoms with E-state index in [-0.39, 0.29) is 17.4 Å². The summed E-state index contributed by atoms with van der Waals surface area (Å²) in [5, 5.41) is 19.9. The topological polar surface area (TPSA) is 79.4 Å². The molecule has 2 rings (SSSR count). The summed E-state index contributed by atoms with van der Waals surface area (Å²) in [4.78, 5) is 12.5. The Labute approximate surface area is 124 Å². The molecule has 21 heavy (non-hydrogen) atoms. The smallest absolute Gasteiger partial charge is 0.287 e. The van der Waals surface area contributed by atoms with Crippen molar-refractivity contribution in [1.82, 2.24) is 0 Å². The summed E-state index contributed by atoms with van der Waals surface area (Å²) in [6.07, 6.45) is 3.24. The van der Waals surface area contributed by atoms with Crippen LogP contribution in [0.5, 0.6) is 0 Å². The predicted molar refractivity (Wildman–Crippen MR) is 79.3 cm³/mol. The van der Waals surface area contributed by atoms with Crippen LogP contribution in [0.4, 0.5) is 11.4 Å². The maximum atomic E-state index is 10.9. The minimum absolute atomic E-state index is 0.106. The van der Waals surface area contributed by atoms with Crippen LogP contribution in [0.15, 0.2) is 18.2 Å². The van der Waals surface area contributed by atoms with E-state index in [2.05, 4.69) is 11.8 Å². The Morgan fingerprint density at radius 2 is 2.38 bits per heavy atom. The third-order valence-corrected chi connectivity index (χ3v) is 3.60. The van der Waals surface area contributed by atoms with E-state index in [0.717, 1.165) is 44.6 Å². The maximum Gasteiger partial charge on any atom is 0.287 e. The molecule has 0 N–H and O–H groups in total. The van der Waals surface area contributed by atoms with Crippen LogP contribution in [0.1, 0.15) is 31.7 Å². The first-order valence-electron chi connectivity index (χ1n) is 7.20. The first-order valence-corrected chi connectivity index (χ1v) is 7.20. The van der Waals surface area contributed by atoms with Gasteiger partial charge in [0.1, 0.15) is 11.6 Å². The van der Waals surface area contributed by atoms with Crippen molar-refractivity contribution in [1.29, 1.82) is 5.26 Å². The van der Waals surface area contributed by atoms with Crippen LogP contribution in [0.2, 0.25) is 0 Å². The van der Waals surface area contributed by atoms with Crippen molar-refractivity contribution in [3.8, 4) is 6.07 Å². The lowest BCUT2D eigenvalue weighted by Gasteiger charge is -2.34. The summed E-state index contributed by atoms with van der Waals surface area (Å²) in [5.41, 5.74) is 0.813. The van der Waals surface area contributed by atoms with Crippen molar-refractivity contribution in [2.24, 2.45) is 0 Å². The minimum Gasteiger partial charge on any atom is -0.376 e. The van der Waals surface area contributed by atoms with Crippen molar-refractivity contribution in [3.63, 3.8) is 0 Å². The molecule has 1 atom stereocenters. The van der Waals surface area contributed by atoms with E-state index in [1.165, 1.54) is 6.07 Å². The van der Waals surface area contributed by atoms with Crippen molar-refractivity contribution >= 4 is 11.4 Å². The Bertz CT molecular complexity index is 554. The second-order valence-corrected chi connectivity index (χ2v) is 5.15. The van der Waals surface area contributed by atoms with Gasteiger partial charge in [-0.15, -0.1) is 0 Å². The van der Waals surface area contributed by atoms with Gasteiger partial charge in [0.05, 0.1) is 11.0 Å². The molecular formula is C15H19N3O3. The number of hydrogen-bond donors (Lipinski definition) is 0. The summed E-state index contributed by atoms with van der Waals surface area (Å²) in [6.45, 7) is 4.48. The lowest BCUT2D eigenvalue weighted by atomic mass is 10.1. The number of hydrogen-bond acceptors (Lipinski definition) is 5. The molecule has 0 saturated carbocycles. The first-order chi connectivity index (χ1) is 10.2. The highest BCUT2D eigenvalue weighted by Crippen LogP contribution is 2.27. The zero-order chi connectivity index (χ0) is 15.2. The van der Waals surface area contributed by atoms with Gasteiger partial charge in [0.25, 0.3) is 5.69 Å². The number of nitro benzene ring substituents is 1. The summed E-state index contributed by atoms with van der Waals surface area (Å²) in [6, 6.07) is 6.62. The fourth-order valence-electron chi connectivity index (χ4n) is 2.56. The summed E-state index contributed by atoms with van der Waals surface area (Å²) >= 11 is 0. The highest BCUT2D eigenvalue weighted by molar-refractivity contribution is 5.60. The molecule has 0 amide bonds. The fraction of sp³-hybridized carbons (Fsp3) is 0.533. The Kier molecular flexibility index (Phi) is 5.12. The van der Waals surface area contributed by atoms with Crippen LogP contribution >= 0.6 is 0 Å². The van der Waals surface area contributed by atoms with E-state index >= 15 is 0 Å². The van der Waals surface area contributed by atoms with Gasteiger partial charge in [0.2, 0.25) is 0 Å². The van der Waals surface area contributed by atoms with Crippen LogP contribution in [-0.2, 0) is 4.74 Å². The minimum atomic E-state index is -0.522. The van der Waals surface area contributed by atoms with E-state index in [9.17, 15) is 10.1 Å². The van der Waals surface area contributed by atoms with E-state index in [1.54, 1.807) is 12.1 Å². The molecule has 0 aliphatic carbocycles. The van der Waals surface area contributed by atoms with E-state index < -0.39 is 4.92 Å². The van der Waals surface area contributed by atoms with Crippen LogP contribution in [-0.4, -0.2) is 30.7 Å². The first kappa shape index (κ1) is 15.3. The lowest BCUT2D eigenvalue weighted by Crippen LogP contribution is -2.39. The standard InChI is InChI=1S/C15H19N3O3/c1-2-8-21-14-4-3-7-17(11-14)13-5-6-15(18(19)20)12(9-13)10-16/h5-6,9,14H,2-4,7-8,11H2,1H3. The highest BCUT2D eigenvalue weighted by Gasteiger charge is 2.22. The zero-order valence-corrected chi connectivity index (χ0v) is 12.1. The summed E-state index contributed by atoms with van der Waals surface area (Å²) < 4.78 is 5.79. The molecule has 0 radical (unpaired) electrons. The van der Waals surface area contributed by atoms with Gasteiger partial charge in [0.15, 0.2) is 0 Å². The number of nitrogens with zero attached hydrogens (tertiary/aromatic N) is 3. The second-order valence-electron chi connectivity index (χ2n) is 5.15. The maximum absolute atomic E-state index is 10.9. The molecule has 1 saturated heterocycles. The Morgan fingerprint density at radius 1 is 1.57 bits per heavy atom. The number of piperidine rings is 1. The molecule has 0 spiro atoms. The van der Waals surface area contributed by atoms with Crippen LogP contribution in [0.3, 0.4) is 0 Å². The third kappa shape index (κ3) is 3.70. The average Bonchev–Trinajstić information content (AvgIpc) is 2.52. The van der Waals surface area contributed by atoms with Gasteiger partial charge >= 0.3 is 0 Å². The van der Waals surface area contributed by atoms with Crippen LogP contribution in [0.25, 0.3) is 0 Å². The largest absolute Gasteiger partial charge is 0.376 e. The summed E-state index contributed by atoms with van der Waals surface area (Å²) in [5.74, 6) is 0. The van der Waals surface area contributed by atoms with Gasteiger partial charge in [-0.1, -0.05) is 6.92 Å². The third-order valence-electron chi connectivity index (χ3n) is 3.60. The number of benzene rings is 1. The fourth-order valence-corrected chi connectivity index (χ4v) is 2.56. The molecule has 1 heterocycles. The molecule has 1 aromatic carbocycles. The SMILES string of the molecule is CCCOC1CCCN(c2ccc([N+](=O)[O-])c(C#N)c2)C1. The monoisotopic (exact) mass is 289 g/mol. The molecule has 1 aliphatic rings. The Hall–Kier alpha value is -2.13. The zero-order valence-electron chi connectivity index (χ0n) is 12.1. The van der Waals surface area contributed by atoms with Gasteiger partial charge in [0, 0.05) is 31.5 Å². The molecule has 6 heteroatoms. The van der Waals surface area contributed by atoms with Crippen molar-refractivity contribution in [2.75, 3.05) is 24.6 Å². The molecular weight excluding hydrogens is 270 g/mol. The number of nitriles is 1. The molecule has 1 aromatic rings. The quantitative estimate of drug-likeness (QED) is 0.615. The van der Waals surface area contributed by atoms with E-state index in [4.69, 9.17) is 10.00 Å². The molecule has 1 fully saturated rings. The molecule has 1 unspecified atom stereocenters. The van der Waals surface area contributed by atoms with Gasteiger partial charge in [-0.2, -0.15) is 5.26 Å². The Morgan fingerprint density at radius 3 is 3.05 bits per heavy atom. The Balaban J connectivity index is 2.14. The number of nitro groups is 1. The average molecular weight is 289 g/mol. The molecule has 6 nitrogen and oxygen atoms in total. The van der Waals surface area contributed by atoms with Crippen molar-refractivity contribution in [2.45, 2.75) is 32.3 Å². The van der Waals surface area contributed by atoms with E-state index in [0.29, 0.717) is 0 Å². The van der Waals surface area contributed by atoms with Crippen molar-refractivity contribution < 1.29 is 9.66 Å². The number of anilines is 1. The van der Waals surface area contributed by atoms with Crippen molar-refractivity contribution in [3.05, 3.63) is 33.9 Å². The number of ether oxygens (including phenoxy) is 1. The molecule has 0 bridgehead atoms. The van der Waals surface area contributed by atoms with Gasteiger partial charge in [-0.25, -0.2) is 0 Å². The van der Waals surface area contributed by atoms with Gasteiger partial charge in [-0.3, -0.25) is 10.1 Å². The van der Waals surface area contributed by atoms with Gasteiger partial charge < -0.3 is 9.64 Å². The molecule has 0 aromatic heterocycles. The summed E-state index contributed by atoms with van der Waals surface area (Å²) in [7, 11) is 0. The molecule has 1 aliphatic heterocycles. The predicted octanol–water partition coefficient (Wildman–Crippen LogP) is 2.86.